The number of nitrogens with one attached hydrogen (secondary N) is 3. The predicted octanol–water partition coefficient (Wildman–Crippen LogP) is 4.20. The van der Waals surface area contributed by atoms with Gasteiger partial charge in [-0.1, -0.05) is 42.3 Å². The minimum Gasteiger partial charge on any atom is -0.493 e. The Hall–Kier alpha value is -3.10. The lowest BCUT2D eigenvalue weighted by molar-refractivity contribution is -0.124. The third-order valence-electron chi connectivity index (χ3n) is 7.28. The summed E-state index contributed by atoms with van der Waals surface area (Å²) >= 11 is 6.19. The second kappa shape index (κ2) is 14.9. The lowest BCUT2D eigenvalue weighted by Gasteiger charge is -2.27. The van der Waals surface area contributed by atoms with E-state index < -0.39 is 11.9 Å². The summed E-state index contributed by atoms with van der Waals surface area (Å²) in [5.74, 6) is -0.513. The molecule has 2 aromatic carbocycles. The number of fused-ring (bicyclic) bond motifs is 1. The van der Waals surface area contributed by atoms with E-state index in [2.05, 4.69) is 26.9 Å². The molecule has 4 rings (SSSR count). The highest BCUT2D eigenvalue weighted by atomic mass is 35.5. The topological polar surface area (TPSA) is 99.8 Å². The molecular weight excluding hydrogens is 516 g/mol. The Kier molecular flexibility index (Phi) is 11.0. The molecule has 0 aliphatic carbocycles. The largest absolute Gasteiger partial charge is 0.493 e. The molecule has 3 N–H and O–H groups in total. The van der Waals surface area contributed by atoms with Gasteiger partial charge in [-0.25, -0.2) is 0 Å². The van der Waals surface area contributed by atoms with E-state index in [1.807, 2.05) is 18.2 Å². The molecule has 210 valence electrons. The number of carbonyl (C=O) groups excluding carboxylic acids is 3. The van der Waals surface area contributed by atoms with Crippen LogP contribution in [0.25, 0.3) is 0 Å². The van der Waals surface area contributed by atoms with Crippen molar-refractivity contribution in [1.29, 1.82) is 0 Å². The number of carbonyl (C=O) groups is 3. The van der Waals surface area contributed by atoms with E-state index in [0.29, 0.717) is 30.5 Å². The van der Waals surface area contributed by atoms with Gasteiger partial charge in [0.25, 0.3) is 5.91 Å². The Morgan fingerprint density at radius 3 is 2.59 bits per heavy atom. The molecule has 2 aliphatic rings. The van der Waals surface area contributed by atoms with Crippen LogP contribution in [0.3, 0.4) is 0 Å². The molecule has 0 aromatic heterocycles. The van der Waals surface area contributed by atoms with Crippen LogP contribution in [0.4, 0.5) is 0 Å². The summed E-state index contributed by atoms with van der Waals surface area (Å²) in [4.78, 5) is 41.6. The highest BCUT2D eigenvalue weighted by Crippen LogP contribution is 2.24. The molecule has 9 heteroatoms. The molecule has 8 nitrogen and oxygen atoms in total. The fraction of sp³-hybridized carbons (Fsp3) is 0.500. The molecule has 0 radical (unpaired) electrons. The Morgan fingerprint density at radius 2 is 1.77 bits per heavy atom. The highest BCUT2D eigenvalue weighted by Gasteiger charge is 2.25. The van der Waals surface area contributed by atoms with Crippen molar-refractivity contribution in [2.45, 2.75) is 70.5 Å². The smallest absolute Gasteiger partial charge is 0.255 e. The molecule has 2 heterocycles. The van der Waals surface area contributed by atoms with Crippen LogP contribution in [0.15, 0.2) is 42.5 Å². The normalized spacial score (nSPS) is 19.9. The predicted molar refractivity (Wildman–Crippen MR) is 152 cm³/mol. The molecule has 0 spiro atoms. The third kappa shape index (κ3) is 8.97. The summed E-state index contributed by atoms with van der Waals surface area (Å²) in [6.45, 7) is 4.38. The van der Waals surface area contributed by atoms with Gasteiger partial charge in [-0.15, -0.1) is 0 Å². The number of hydrogen-bond acceptors (Lipinski definition) is 5. The summed E-state index contributed by atoms with van der Waals surface area (Å²) in [5.41, 5.74) is 2.50. The summed E-state index contributed by atoms with van der Waals surface area (Å²) < 4.78 is 5.88. The van der Waals surface area contributed by atoms with Gasteiger partial charge in [-0.2, -0.15) is 0 Å². The van der Waals surface area contributed by atoms with Gasteiger partial charge in [0.1, 0.15) is 11.8 Å². The van der Waals surface area contributed by atoms with Crippen molar-refractivity contribution < 1.29 is 19.1 Å². The molecule has 1 fully saturated rings. The van der Waals surface area contributed by atoms with Crippen LogP contribution >= 0.6 is 11.6 Å². The van der Waals surface area contributed by atoms with E-state index in [9.17, 15) is 14.4 Å². The number of benzene rings is 2. The molecular formula is C30H39ClN4O4. The zero-order valence-electron chi connectivity index (χ0n) is 22.5. The molecule has 1 saturated heterocycles. The van der Waals surface area contributed by atoms with Crippen LogP contribution in [0.5, 0.6) is 5.75 Å². The van der Waals surface area contributed by atoms with Crippen LogP contribution in [0, 0.1) is 0 Å². The van der Waals surface area contributed by atoms with Gasteiger partial charge in [-0.05, 0) is 80.9 Å². The second-order valence-corrected chi connectivity index (χ2v) is 10.7. The van der Waals surface area contributed by atoms with Gasteiger partial charge in [0.05, 0.1) is 12.2 Å². The maximum absolute atomic E-state index is 13.4. The van der Waals surface area contributed by atoms with Crippen molar-refractivity contribution in [2.75, 3.05) is 26.2 Å². The van der Waals surface area contributed by atoms with Crippen molar-refractivity contribution in [3.63, 3.8) is 0 Å². The van der Waals surface area contributed by atoms with E-state index in [1.54, 1.807) is 18.2 Å². The maximum atomic E-state index is 13.4. The van der Waals surface area contributed by atoms with Crippen molar-refractivity contribution in [2.24, 2.45) is 0 Å². The zero-order valence-corrected chi connectivity index (χ0v) is 23.2. The summed E-state index contributed by atoms with van der Waals surface area (Å²) in [6.07, 6.45) is 6.53. The van der Waals surface area contributed by atoms with Gasteiger partial charge in [0, 0.05) is 31.1 Å². The fourth-order valence-electron chi connectivity index (χ4n) is 5.04. The molecule has 0 bridgehead atoms. The van der Waals surface area contributed by atoms with Crippen LogP contribution in [0.1, 0.15) is 72.9 Å². The number of rotatable bonds is 5. The molecule has 0 unspecified atom stereocenters. The number of likely N-dealkylation sites (tertiary alicyclic amines) is 1. The van der Waals surface area contributed by atoms with Crippen molar-refractivity contribution in [3.05, 3.63) is 64.2 Å². The standard InChI is InChI=1S/C30H39ClN4O4/c31-24-11-13-27-25(19-24)29(37)34-26(12-14-28(36)32-15-5-1-8-18-39-27)30(38)33-20-22-9-3-4-10-23(22)21-35-16-6-2-7-17-35/h3-4,9-11,13,19,26H,1-2,5-8,12,14-18,20-21H2,(H,32,36)(H,33,38)(H,34,37)/t26-/m0/s1. The van der Waals surface area contributed by atoms with E-state index >= 15 is 0 Å². The lowest BCUT2D eigenvalue weighted by atomic mass is 10.0. The van der Waals surface area contributed by atoms with Crippen molar-refractivity contribution in [1.82, 2.24) is 20.9 Å². The summed E-state index contributed by atoms with van der Waals surface area (Å²) in [7, 11) is 0. The van der Waals surface area contributed by atoms with Gasteiger partial charge < -0.3 is 20.7 Å². The van der Waals surface area contributed by atoms with E-state index in [0.717, 1.165) is 44.5 Å². The van der Waals surface area contributed by atoms with Gasteiger partial charge in [0.15, 0.2) is 0 Å². The quantitative estimate of drug-likeness (QED) is 0.514. The number of nitrogens with zero attached hydrogens (tertiary/aromatic N) is 1. The molecule has 0 saturated carbocycles. The van der Waals surface area contributed by atoms with Crippen molar-refractivity contribution in [3.8, 4) is 5.75 Å². The summed E-state index contributed by atoms with van der Waals surface area (Å²) in [6, 6.07) is 12.1. The molecule has 3 amide bonds. The minimum atomic E-state index is -0.894. The van der Waals surface area contributed by atoms with Gasteiger partial charge in [0.2, 0.25) is 11.8 Å². The SMILES string of the molecule is O=C1CC[C@@H](C(=O)NCc2ccccc2CN2CCCCC2)NC(=O)c2cc(Cl)ccc2OCCCCCN1. The second-order valence-electron chi connectivity index (χ2n) is 10.3. The van der Waals surface area contributed by atoms with Crippen LogP contribution in [-0.4, -0.2) is 54.9 Å². The number of halogens is 1. The first-order valence-corrected chi connectivity index (χ1v) is 14.4. The van der Waals surface area contributed by atoms with Gasteiger partial charge in [-0.3, -0.25) is 19.3 Å². The Morgan fingerprint density at radius 1 is 1.00 bits per heavy atom. The third-order valence-corrected chi connectivity index (χ3v) is 7.52. The molecule has 2 aliphatic heterocycles. The number of ether oxygens (including phenoxy) is 1. The molecule has 39 heavy (non-hydrogen) atoms. The Balaban J connectivity index is 1.47. The number of hydrogen-bond donors (Lipinski definition) is 3. The zero-order chi connectivity index (χ0) is 27.5. The maximum Gasteiger partial charge on any atom is 0.255 e. The first-order chi connectivity index (χ1) is 19.0. The van der Waals surface area contributed by atoms with Gasteiger partial charge >= 0.3 is 0 Å². The van der Waals surface area contributed by atoms with E-state index in [1.165, 1.54) is 24.8 Å². The highest BCUT2D eigenvalue weighted by molar-refractivity contribution is 6.31. The molecule has 2 aromatic rings. The first-order valence-electron chi connectivity index (χ1n) is 14.1. The minimum absolute atomic E-state index is 0.128. The molecule has 1 atom stereocenters. The number of amides is 3. The average Bonchev–Trinajstić information content (AvgIpc) is 2.95. The fourth-order valence-corrected chi connectivity index (χ4v) is 5.21. The van der Waals surface area contributed by atoms with Crippen LogP contribution in [0.2, 0.25) is 5.02 Å². The van der Waals surface area contributed by atoms with Crippen molar-refractivity contribution >= 4 is 29.3 Å². The van der Waals surface area contributed by atoms with Crippen LogP contribution in [-0.2, 0) is 22.7 Å². The van der Waals surface area contributed by atoms with E-state index in [-0.39, 0.29) is 30.2 Å². The number of piperidine rings is 1. The lowest BCUT2D eigenvalue weighted by Crippen LogP contribution is -2.47. The van der Waals surface area contributed by atoms with Crippen LogP contribution < -0.4 is 20.7 Å². The Bertz CT molecular complexity index is 1140. The first kappa shape index (κ1) is 28.9. The average molecular weight is 555 g/mol. The Labute approximate surface area is 235 Å². The monoisotopic (exact) mass is 554 g/mol. The summed E-state index contributed by atoms with van der Waals surface area (Å²) in [5, 5.41) is 9.13. The van der Waals surface area contributed by atoms with E-state index in [4.69, 9.17) is 16.3 Å².